The van der Waals surface area contributed by atoms with Crippen LogP contribution >= 0.6 is 0 Å². The Bertz CT molecular complexity index is 129. The average molecular weight is 154 g/mol. The molecule has 3 nitrogen and oxygen atoms in total. The third-order valence-corrected chi connectivity index (χ3v) is 0.920. The van der Waals surface area contributed by atoms with Crippen molar-refractivity contribution < 1.29 is 23.4 Å². The molecule has 0 saturated carbocycles. The summed E-state index contributed by atoms with van der Waals surface area (Å²) < 4.78 is 28.3. The van der Waals surface area contributed by atoms with E-state index in [0.29, 0.717) is 6.92 Å². The first-order valence-corrected chi connectivity index (χ1v) is 2.53. The summed E-state index contributed by atoms with van der Waals surface area (Å²) in [6.45, 7) is 0.495. The monoisotopic (exact) mass is 154 g/mol. The minimum absolute atomic E-state index is 0.495. The molecule has 0 aliphatic carbocycles. The Morgan fingerprint density at radius 1 is 1.70 bits per heavy atom. The van der Waals surface area contributed by atoms with Gasteiger partial charge in [0.15, 0.2) is 0 Å². The predicted octanol–water partition coefficient (Wildman–Crippen LogP) is 0.741. The van der Waals surface area contributed by atoms with Crippen molar-refractivity contribution in [1.29, 1.82) is 0 Å². The molecule has 0 rings (SSSR count). The highest BCUT2D eigenvalue weighted by Crippen LogP contribution is 2.19. The average Bonchev–Trinajstić information content (AvgIpc) is 1.60. The number of carbonyl (C=O) groups is 1. The lowest BCUT2D eigenvalue weighted by atomic mass is 10.2. The minimum Gasteiger partial charge on any atom is -0.479 e. The van der Waals surface area contributed by atoms with Gasteiger partial charge in [-0.3, -0.25) is 0 Å². The normalized spacial score (nSPS) is 14.8. The van der Waals surface area contributed by atoms with E-state index in [1.54, 1.807) is 0 Å². The van der Waals surface area contributed by atoms with E-state index in [2.05, 4.69) is 4.74 Å². The Hall–Kier alpha value is -0.710. The zero-order valence-electron chi connectivity index (χ0n) is 5.60. The SMILES string of the molecule is COC(C(=O)O)C(C)(F)F. The number of hydrogen-bond acceptors (Lipinski definition) is 2. The van der Waals surface area contributed by atoms with Gasteiger partial charge in [-0.25, -0.2) is 13.6 Å². The second-order valence-corrected chi connectivity index (χ2v) is 1.91. The van der Waals surface area contributed by atoms with E-state index in [0.717, 1.165) is 7.11 Å². The summed E-state index contributed by atoms with van der Waals surface area (Å²) in [5.41, 5.74) is 0. The van der Waals surface area contributed by atoms with Crippen molar-refractivity contribution in [2.75, 3.05) is 7.11 Å². The van der Waals surface area contributed by atoms with Crippen LogP contribution in [0.2, 0.25) is 0 Å². The molecule has 1 N–H and O–H groups in total. The van der Waals surface area contributed by atoms with Crippen LogP contribution in [0.1, 0.15) is 6.92 Å². The van der Waals surface area contributed by atoms with Gasteiger partial charge >= 0.3 is 5.97 Å². The first-order valence-electron chi connectivity index (χ1n) is 2.53. The van der Waals surface area contributed by atoms with Crippen LogP contribution in [-0.4, -0.2) is 30.2 Å². The Balaban J connectivity index is 4.22. The number of carboxylic acid groups (broad SMARTS) is 1. The zero-order chi connectivity index (χ0) is 8.36. The van der Waals surface area contributed by atoms with Gasteiger partial charge < -0.3 is 9.84 Å². The number of rotatable bonds is 3. The molecule has 10 heavy (non-hydrogen) atoms. The maximum absolute atomic E-state index is 12.1. The molecule has 0 heterocycles. The fourth-order valence-corrected chi connectivity index (χ4v) is 0.525. The number of carboxylic acids is 1. The lowest BCUT2D eigenvalue weighted by molar-refractivity contribution is -0.172. The van der Waals surface area contributed by atoms with Crippen LogP contribution in [0.3, 0.4) is 0 Å². The Morgan fingerprint density at radius 2 is 2.10 bits per heavy atom. The fourth-order valence-electron chi connectivity index (χ4n) is 0.525. The molecule has 0 aromatic carbocycles. The molecule has 1 atom stereocenters. The summed E-state index contributed by atoms with van der Waals surface area (Å²) in [7, 11) is 0.927. The first-order chi connectivity index (χ1) is 4.39. The summed E-state index contributed by atoms with van der Waals surface area (Å²) in [5.74, 6) is -4.99. The number of ether oxygens (including phenoxy) is 1. The summed E-state index contributed by atoms with van der Waals surface area (Å²) in [5, 5.41) is 8.10. The molecule has 0 spiro atoms. The van der Waals surface area contributed by atoms with Crippen LogP contribution in [0.5, 0.6) is 0 Å². The maximum atomic E-state index is 12.1. The second-order valence-electron chi connectivity index (χ2n) is 1.91. The van der Waals surface area contributed by atoms with Gasteiger partial charge in [-0.05, 0) is 0 Å². The molecule has 0 aliphatic heterocycles. The largest absolute Gasteiger partial charge is 0.479 e. The quantitative estimate of drug-likeness (QED) is 0.652. The summed E-state index contributed by atoms with van der Waals surface area (Å²) in [6, 6.07) is 0. The van der Waals surface area contributed by atoms with Gasteiger partial charge in [0.25, 0.3) is 5.92 Å². The van der Waals surface area contributed by atoms with E-state index in [1.165, 1.54) is 0 Å². The topological polar surface area (TPSA) is 46.5 Å². The molecule has 0 aliphatic rings. The van der Waals surface area contributed by atoms with E-state index < -0.39 is 18.0 Å². The van der Waals surface area contributed by atoms with Gasteiger partial charge in [0.2, 0.25) is 6.10 Å². The molecule has 0 radical (unpaired) electrons. The van der Waals surface area contributed by atoms with E-state index >= 15 is 0 Å². The number of halogens is 2. The molecule has 0 fully saturated rings. The van der Waals surface area contributed by atoms with Crippen molar-refractivity contribution in [2.24, 2.45) is 0 Å². The van der Waals surface area contributed by atoms with Crippen LogP contribution in [0, 0.1) is 0 Å². The van der Waals surface area contributed by atoms with Gasteiger partial charge in [-0.2, -0.15) is 0 Å². The van der Waals surface area contributed by atoms with Crippen LogP contribution in [0.4, 0.5) is 8.78 Å². The van der Waals surface area contributed by atoms with Gasteiger partial charge in [-0.15, -0.1) is 0 Å². The summed E-state index contributed by atoms with van der Waals surface area (Å²) >= 11 is 0. The van der Waals surface area contributed by atoms with Crippen LogP contribution in [-0.2, 0) is 9.53 Å². The smallest absolute Gasteiger partial charge is 0.339 e. The Kier molecular flexibility index (Phi) is 2.71. The second kappa shape index (κ2) is 2.92. The first kappa shape index (κ1) is 9.29. The number of methoxy groups -OCH3 is 1. The molecule has 0 aromatic heterocycles. The number of hydrogen-bond donors (Lipinski definition) is 1. The molecule has 1 unspecified atom stereocenters. The molecule has 0 bridgehead atoms. The van der Waals surface area contributed by atoms with Gasteiger partial charge in [0.1, 0.15) is 0 Å². The Morgan fingerprint density at radius 3 is 2.10 bits per heavy atom. The van der Waals surface area contributed by atoms with Crippen molar-refractivity contribution in [1.82, 2.24) is 0 Å². The molecule has 0 aromatic rings. The minimum atomic E-state index is -3.33. The van der Waals surface area contributed by atoms with Crippen molar-refractivity contribution in [3.8, 4) is 0 Å². The summed E-state index contributed by atoms with van der Waals surface area (Å²) in [6.07, 6.45) is -2.05. The Labute approximate surface area is 56.6 Å². The summed E-state index contributed by atoms with van der Waals surface area (Å²) in [4.78, 5) is 9.97. The third kappa shape index (κ3) is 2.26. The lowest BCUT2D eigenvalue weighted by Gasteiger charge is -2.16. The molecule has 0 saturated heterocycles. The van der Waals surface area contributed by atoms with E-state index in [-0.39, 0.29) is 0 Å². The van der Waals surface area contributed by atoms with E-state index in [1.807, 2.05) is 0 Å². The fraction of sp³-hybridized carbons (Fsp3) is 0.800. The standard InChI is InChI=1S/C5H8F2O3/c1-5(6,7)3(10-2)4(8)9/h3H,1-2H3,(H,8,9). The molecule has 5 heteroatoms. The highest BCUT2D eigenvalue weighted by atomic mass is 19.3. The predicted molar refractivity (Wildman–Crippen MR) is 29.1 cm³/mol. The number of alkyl halides is 2. The van der Waals surface area contributed by atoms with Crippen LogP contribution in [0.25, 0.3) is 0 Å². The highest BCUT2D eigenvalue weighted by Gasteiger charge is 2.40. The third-order valence-electron chi connectivity index (χ3n) is 0.920. The van der Waals surface area contributed by atoms with Crippen molar-refractivity contribution >= 4 is 5.97 Å². The van der Waals surface area contributed by atoms with Gasteiger partial charge in [-0.1, -0.05) is 0 Å². The molecule has 0 amide bonds. The zero-order valence-corrected chi connectivity index (χ0v) is 5.60. The van der Waals surface area contributed by atoms with E-state index in [4.69, 9.17) is 5.11 Å². The van der Waals surface area contributed by atoms with Gasteiger partial charge in [0.05, 0.1) is 0 Å². The van der Waals surface area contributed by atoms with Crippen LogP contribution < -0.4 is 0 Å². The van der Waals surface area contributed by atoms with Gasteiger partial charge in [0, 0.05) is 14.0 Å². The molecular formula is C5H8F2O3. The number of aliphatic carboxylic acids is 1. The van der Waals surface area contributed by atoms with Crippen molar-refractivity contribution in [3.05, 3.63) is 0 Å². The van der Waals surface area contributed by atoms with Crippen LogP contribution in [0.15, 0.2) is 0 Å². The maximum Gasteiger partial charge on any atom is 0.339 e. The molecular weight excluding hydrogens is 146 g/mol. The molecule has 60 valence electrons. The lowest BCUT2D eigenvalue weighted by Crippen LogP contribution is -2.38. The van der Waals surface area contributed by atoms with Crippen molar-refractivity contribution in [3.63, 3.8) is 0 Å². The highest BCUT2D eigenvalue weighted by molar-refractivity contribution is 5.73. The van der Waals surface area contributed by atoms with E-state index in [9.17, 15) is 13.6 Å². The van der Waals surface area contributed by atoms with Crippen molar-refractivity contribution in [2.45, 2.75) is 19.0 Å².